The first-order chi connectivity index (χ1) is 13.2. The molecule has 3 rings (SSSR count). The van der Waals surface area contributed by atoms with Crippen LogP contribution in [0.15, 0.2) is 53.8 Å². The predicted molar refractivity (Wildman–Crippen MR) is 108 cm³/mol. The highest BCUT2D eigenvalue weighted by Gasteiger charge is 2.44. The maximum atomic E-state index is 13.0. The second-order valence-corrected chi connectivity index (χ2v) is 7.80. The Kier molecular flexibility index (Phi) is 5.27. The number of aromatic hydroxyl groups is 1. The molecule has 1 unspecified atom stereocenters. The van der Waals surface area contributed by atoms with Crippen LogP contribution in [0.4, 0.5) is 5.69 Å². The van der Waals surface area contributed by atoms with Gasteiger partial charge in [-0.1, -0.05) is 32.0 Å². The molecule has 1 amide bonds. The van der Waals surface area contributed by atoms with Crippen molar-refractivity contribution in [2.24, 2.45) is 5.92 Å². The number of ketones is 1. The summed E-state index contributed by atoms with van der Waals surface area (Å²) >= 11 is 0. The van der Waals surface area contributed by atoms with Crippen LogP contribution in [0, 0.1) is 19.8 Å². The Morgan fingerprint density at radius 1 is 1.04 bits per heavy atom. The number of benzene rings is 2. The molecule has 2 N–H and O–H groups in total. The molecular formula is C23H25NO4. The third-order valence-corrected chi connectivity index (χ3v) is 4.80. The van der Waals surface area contributed by atoms with Gasteiger partial charge in [0.2, 0.25) is 0 Å². The lowest BCUT2D eigenvalue weighted by atomic mass is 9.92. The lowest BCUT2D eigenvalue weighted by Crippen LogP contribution is -2.31. The number of carbonyl (C=O) groups is 2. The van der Waals surface area contributed by atoms with Gasteiger partial charge < -0.3 is 10.2 Å². The Morgan fingerprint density at radius 3 is 2.14 bits per heavy atom. The number of phenolic OH excluding ortho intramolecular Hbond substituents is 1. The molecule has 2 aromatic rings. The van der Waals surface area contributed by atoms with Gasteiger partial charge in [-0.15, -0.1) is 0 Å². The van der Waals surface area contributed by atoms with Gasteiger partial charge in [-0.3, -0.25) is 14.5 Å². The smallest absolute Gasteiger partial charge is 0.294 e. The van der Waals surface area contributed by atoms with E-state index in [0.29, 0.717) is 11.3 Å². The van der Waals surface area contributed by atoms with Crippen molar-refractivity contribution in [1.29, 1.82) is 0 Å². The first-order valence-electron chi connectivity index (χ1n) is 9.36. The molecule has 0 saturated heterocycles. The van der Waals surface area contributed by atoms with E-state index in [1.54, 1.807) is 12.1 Å². The number of anilines is 1. The SMILES string of the molecule is Cc1cc(C)cc(N2C(=O)C(O)=C(C(=O)CC(C)C)C2c2ccc(O)cc2)c1. The first kappa shape index (κ1) is 19.7. The predicted octanol–water partition coefficient (Wildman–Crippen LogP) is 4.52. The van der Waals surface area contributed by atoms with Gasteiger partial charge in [-0.25, -0.2) is 0 Å². The number of nitrogens with zero attached hydrogens (tertiary/aromatic N) is 1. The van der Waals surface area contributed by atoms with E-state index in [1.807, 2.05) is 45.9 Å². The van der Waals surface area contributed by atoms with Crippen molar-refractivity contribution in [2.45, 2.75) is 40.2 Å². The molecule has 2 aromatic carbocycles. The van der Waals surface area contributed by atoms with Gasteiger partial charge in [-0.2, -0.15) is 0 Å². The number of phenols is 1. The number of amides is 1. The van der Waals surface area contributed by atoms with Crippen LogP contribution in [0.2, 0.25) is 0 Å². The number of Topliss-reactive ketones (excluding diaryl/α,β-unsaturated/α-hetero) is 1. The van der Waals surface area contributed by atoms with Crippen molar-refractivity contribution in [3.05, 3.63) is 70.5 Å². The van der Waals surface area contributed by atoms with Gasteiger partial charge in [0.25, 0.3) is 5.91 Å². The van der Waals surface area contributed by atoms with Crippen molar-refractivity contribution in [2.75, 3.05) is 4.90 Å². The summed E-state index contributed by atoms with van der Waals surface area (Å²) in [5, 5.41) is 20.3. The van der Waals surface area contributed by atoms with E-state index in [9.17, 15) is 19.8 Å². The fourth-order valence-corrected chi connectivity index (χ4v) is 3.70. The first-order valence-corrected chi connectivity index (χ1v) is 9.36. The quantitative estimate of drug-likeness (QED) is 0.800. The van der Waals surface area contributed by atoms with Crippen LogP contribution in [0.5, 0.6) is 5.75 Å². The van der Waals surface area contributed by atoms with Gasteiger partial charge in [0.05, 0.1) is 11.6 Å². The zero-order valence-corrected chi connectivity index (χ0v) is 16.6. The molecule has 0 bridgehead atoms. The van der Waals surface area contributed by atoms with E-state index in [1.165, 1.54) is 17.0 Å². The van der Waals surface area contributed by atoms with E-state index in [-0.39, 0.29) is 29.4 Å². The molecule has 0 aliphatic carbocycles. The summed E-state index contributed by atoms with van der Waals surface area (Å²) < 4.78 is 0. The zero-order chi connectivity index (χ0) is 20.6. The number of aryl methyl sites for hydroxylation is 2. The van der Waals surface area contributed by atoms with E-state index >= 15 is 0 Å². The second-order valence-electron chi connectivity index (χ2n) is 7.80. The lowest BCUT2D eigenvalue weighted by Gasteiger charge is -2.27. The third-order valence-electron chi connectivity index (χ3n) is 4.80. The molecule has 146 valence electrons. The Labute approximate surface area is 164 Å². The standard InChI is InChI=1S/C23H25NO4/c1-13(2)9-19(26)20-21(16-5-7-18(25)8-6-16)24(23(28)22(20)27)17-11-14(3)10-15(4)12-17/h5-8,10-13,21,25,27H,9H2,1-4H3. The minimum atomic E-state index is -0.736. The van der Waals surface area contributed by atoms with Gasteiger partial charge in [-0.05, 0) is 60.7 Å². The maximum Gasteiger partial charge on any atom is 0.294 e. The van der Waals surface area contributed by atoms with Crippen molar-refractivity contribution in [1.82, 2.24) is 0 Å². The molecule has 1 aliphatic rings. The molecule has 0 saturated carbocycles. The highest BCUT2D eigenvalue weighted by Crippen LogP contribution is 2.42. The molecule has 1 atom stereocenters. The summed E-state index contributed by atoms with van der Waals surface area (Å²) in [6.45, 7) is 7.71. The van der Waals surface area contributed by atoms with Gasteiger partial charge >= 0.3 is 0 Å². The number of rotatable bonds is 5. The van der Waals surface area contributed by atoms with E-state index in [4.69, 9.17) is 0 Å². The highest BCUT2D eigenvalue weighted by molar-refractivity contribution is 6.16. The Hall–Kier alpha value is -3.08. The average Bonchev–Trinajstić information content (AvgIpc) is 2.86. The Morgan fingerprint density at radius 2 is 1.61 bits per heavy atom. The van der Waals surface area contributed by atoms with Crippen LogP contribution >= 0.6 is 0 Å². The van der Waals surface area contributed by atoms with Crippen LogP contribution in [0.25, 0.3) is 0 Å². The Bertz CT molecular complexity index is 937. The van der Waals surface area contributed by atoms with Gasteiger partial charge in [0, 0.05) is 12.1 Å². The van der Waals surface area contributed by atoms with Crippen LogP contribution in [-0.2, 0) is 9.59 Å². The summed E-state index contributed by atoms with van der Waals surface area (Å²) in [4.78, 5) is 27.4. The summed E-state index contributed by atoms with van der Waals surface area (Å²) in [5.41, 5.74) is 3.35. The summed E-state index contributed by atoms with van der Waals surface area (Å²) in [6.07, 6.45) is 0.238. The number of hydrogen-bond acceptors (Lipinski definition) is 4. The minimum Gasteiger partial charge on any atom is -0.508 e. The van der Waals surface area contributed by atoms with Gasteiger partial charge in [0.15, 0.2) is 11.5 Å². The monoisotopic (exact) mass is 379 g/mol. The van der Waals surface area contributed by atoms with Crippen LogP contribution < -0.4 is 4.90 Å². The highest BCUT2D eigenvalue weighted by atomic mass is 16.3. The topological polar surface area (TPSA) is 77.8 Å². The van der Waals surface area contributed by atoms with Crippen molar-refractivity contribution >= 4 is 17.4 Å². The van der Waals surface area contributed by atoms with Crippen LogP contribution in [0.3, 0.4) is 0 Å². The van der Waals surface area contributed by atoms with Crippen molar-refractivity contribution in [3.8, 4) is 5.75 Å². The van der Waals surface area contributed by atoms with Gasteiger partial charge in [0.1, 0.15) is 5.75 Å². The molecular weight excluding hydrogens is 354 g/mol. The maximum absolute atomic E-state index is 13.0. The number of carbonyl (C=O) groups excluding carboxylic acids is 2. The largest absolute Gasteiger partial charge is 0.508 e. The molecule has 0 spiro atoms. The summed E-state index contributed by atoms with van der Waals surface area (Å²) in [5.74, 6) is -1.14. The number of hydrogen-bond donors (Lipinski definition) is 2. The van der Waals surface area contributed by atoms with E-state index in [2.05, 4.69) is 0 Å². The fourth-order valence-electron chi connectivity index (χ4n) is 3.70. The molecule has 0 fully saturated rings. The number of aliphatic hydroxyl groups is 1. The molecule has 0 aromatic heterocycles. The normalized spacial score (nSPS) is 17.0. The third kappa shape index (κ3) is 3.65. The zero-order valence-electron chi connectivity index (χ0n) is 16.6. The van der Waals surface area contributed by atoms with E-state index < -0.39 is 17.7 Å². The summed E-state index contributed by atoms with van der Waals surface area (Å²) in [7, 11) is 0. The molecule has 1 heterocycles. The van der Waals surface area contributed by atoms with E-state index in [0.717, 1.165) is 11.1 Å². The molecule has 28 heavy (non-hydrogen) atoms. The second kappa shape index (κ2) is 7.50. The molecule has 0 radical (unpaired) electrons. The van der Waals surface area contributed by atoms with Crippen molar-refractivity contribution in [3.63, 3.8) is 0 Å². The molecule has 1 aliphatic heterocycles. The average molecular weight is 379 g/mol. The molecule has 5 nitrogen and oxygen atoms in total. The fraction of sp³-hybridized carbons (Fsp3) is 0.304. The van der Waals surface area contributed by atoms with Crippen LogP contribution in [0.1, 0.15) is 43.0 Å². The molecule has 5 heteroatoms. The number of aliphatic hydroxyl groups excluding tert-OH is 1. The lowest BCUT2D eigenvalue weighted by molar-refractivity contribution is -0.118. The Balaban J connectivity index is 2.17. The summed E-state index contributed by atoms with van der Waals surface area (Å²) in [6, 6.07) is 11.4. The van der Waals surface area contributed by atoms with Crippen molar-refractivity contribution < 1.29 is 19.8 Å². The van der Waals surface area contributed by atoms with Crippen LogP contribution in [-0.4, -0.2) is 21.9 Å². The minimum absolute atomic E-state index is 0.0919.